The summed E-state index contributed by atoms with van der Waals surface area (Å²) in [4.78, 5) is 22.4. The van der Waals surface area contributed by atoms with Crippen molar-refractivity contribution in [2.24, 2.45) is 5.92 Å². The highest BCUT2D eigenvalue weighted by Gasteiger charge is 2.20. The molecule has 0 N–H and O–H groups in total. The molecule has 0 saturated carbocycles. The molecule has 0 spiro atoms. The smallest absolute Gasteiger partial charge is 0.161 e. The molecule has 5 nitrogen and oxygen atoms in total. The molecule has 0 radical (unpaired) electrons. The van der Waals surface area contributed by atoms with Gasteiger partial charge < -0.3 is 4.90 Å². The van der Waals surface area contributed by atoms with E-state index in [9.17, 15) is 10.1 Å². The molecule has 1 saturated heterocycles. The number of allylic oxidation sites excluding steroid dienone is 3. The Morgan fingerprint density at radius 1 is 1.40 bits per heavy atom. The van der Waals surface area contributed by atoms with Crippen molar-refractivity contribution in [1.29, 1.82) is 5.26 Å². The molecule has 25 heavy (non-hydrogen) atoms. The van der Waals surface area contributed by atoms with Crippen molar-refractivity contribution in [1.82, 2.24) is 14.9 Å². The van der Waals surface area contributed by atoms with Crippen LogP contribution in [0.1, 0.15) is 39.1 Å². The van der Waals surface area contributed by atoms with Gasteiger partial charge in [-0.15, -0.1) is 11.8 Å². The number of rotatable bonds is 3. The zero-order valence-electron chi connectivity index (χ0n) is 15.4. The van der Waals surface area contributed by atoms with Crippen LogP contribution in [0.4, 0.5) is 0 Å². The van der Waals surface area contributed by atoms with Gasteiger partial charge in [-0.2, -0.15) is 5.26 Å². The van der Waals surface area contributed by atoms with E-state index in [0.29, 0.717) is 23.3 Å². The molecule has 132 valence electrons. The third-order valence-electron chi connectivity index (χ3n) is 3.91. The first-order valence-corrected chi connectivity index (χ1v) is 9.23. The number of nitriles is 1. The minimum absolute atomic E-state index is 0.0900. The van der Waals surface area contributed by atoms with E-state index < -0.39 is 0 Å². The quantitative estimate of drug-likeness (QED) is 0.470. The molecule has 0 aromatic carbocycles. The molecule has 1 atom stereocenters. The Hall–Kier alpha value is -2.13. The summed E-state index contributed by atoms with van der Waals surface area (Å²) in [5.74, 6) is 2.35. The zero-order chi connectivity index (χ0) is 18.6. The number of hydrogen-bond acceptors (Lipinski definition) is 6. The van der Waals surface area contributed by atoms with Gasteiger partial charge >= 0.3 is 0 Å². The van der Waals surface area contributed by atoms with Gasteiger partial charge in [0.25, 0.3) is 0 Å². The summed E-state index contributed by atoms with van der Waals surface area (Å²) in [7, 11) is 2.03. The highest BCUT2D eigenvalue weighted by atomic mass is 32.2. The van der Waals surface area contributed by atoms with Crippen molar-refractivity contribution in [3.8, 4) is 6.07 Å². The fourth-order valence-electron chi connectivity index (χ4n) is 2.54. The second kappa shape index (κ2) is 7.83. The third kappa shape index (κ3) is 4.70. The van der Waals surface area contributed by atoms with Gasteiger partial charge in [0.05, 0.1) is 10.6 Å². The second-order valence-corrected chi connectivity index (χ2v) is 8.42. The molecule has 6 heteroatoms. The number of hydrogen-bond donors (Lipinski definition) is 0. The van der Waals surface area contributed by atoms with Crippen LogP contribution in [-0.4, -0.2) is 40.5 Å². The average molecular weight is 356 g/mol. The summed E-state index contributed by atoms with van der Waals surface area (Å²) in [6.07, 6.45) is 5.88. The lowest BCUT2D eigenvalue weighted by Gasteiger charge is -2.31. The van der Waals surface area contributed by atoms with Crippen LogP contribution in [0.2, 0.25) is 0 Å². The second-order valence-electron chi connectivity index (χ2n) is 7.38. The fraction of sp³-hybridized carbons (Fsp3) is 0.474. The molecule has 0 bridgehead atoms. The molecule has 1 aliphatic heterocycles. The first kappa shape index (κ1) is 19.2. The Kier molecular flexibility index (Phi) is 6.02. The van der Waals surface area contributed by atoms with Crippen molar-refractivity contribution in [2.75, 3.05) is 19.3 Å². The summed E-state index contributed by atoms with van der Waals surface area (Å²) in [6.45, 7) is 9.29. The molecule has 2 rings (SSSR count). The van der Waals surface area contributed by atoms with Gasteiger partial charge in [0.1, 0.15) is 11.9 Å². The van der Waals surface area contributed by atoms with E-state index in [2.05, 4.69) is 21.8 Å². The highest BCUT2D eigenvalue weighted by molar-refractivity contribution is 8.03. The lowest BCUT2D eigenvalue weighted by molar-refractivity contribution is -0.104. The summed E-state index contributed by atoms with van der Waals surface area (Å²) < 4.78 is 0. The Morgan fingerprint density at radius 2 is 2.04 bits per heavy atom. The van der Waals surface area contributed by atoms with Crippen molar-refractivity contribution < 1.29 is 4.79 Å². The first-order valence-electron chi connectivity index (χ1n) is 8.24. The van der Waals surface area contributed by atoms with Crippen molar-refractivity contribution in [3.05, 3.63) is 40.5 Å². The Bertz CT molecular complexity index is 738. The van der Waals surface area contributed by atoms with E-state index in [-0.39, 0.29) is 11.0 Å². The van der Waals surface area contributed by atoms with Crippen LogP contribution in [0.5, 0.6) is 0 Å². The highest BCUT2D eigenvalue weighted by Crippen LogP contribution is 2.32. The summed E-state index contributed by atoms with van der Waals surface area (Å²) in [6, 6.07) is 1.99. The van der Waals surface area contributed by atoms with Gasteiger partial charge in [-0.3, -0.25) is 4.79 Å². The van der Waals surface area contributed by atoms with E-state index in [1.54, 1.807) is 24.2 Å². The molecule has 0 aliphatic carbocycles. The SMILES string of the molecule is C[C@@H]1CS/C(=C/C(=C(/C#N)C=O)c2cnc(C(C)(C)C)nc2)N(C)C1. The Labute approximate surface area is 153 Å². The van der Waals surface area contributed by atoms with E-state index in [4.69, 9.17) is 0 Å². The van der Waals surface area contributed by atoms with Gasteiger partial charge in [-0.05, 0) is 12.0 Å². The summed E-state index contributed by atoms with van der Waals surface area (Å²) in [5, 5.41) is 10.4. The number of aldehydes is 1. The molecule has 1 aromatic heterocycles. The molecule has 1 aromatic rings. The number of nitrogens with zero attached hydrogens (tertiary/aromatic N) is 4. The van der Waals surface area contributed by atoms with Crippen molar-refractivity contribution in [3.63, 3.8) is 0 Å². The molecule has 2 heterocycles. The first-order chi connectivity index (χ1) is 11.8. The lowest BCUT2D eigenvalue weighted by Crippen LogP contribution is -2.28. The predicted octanol–water partition coefficient (Wildman–Crippen LogP) is 3.41. The molecule has 1 aliphatic rings. The molecular formula is C19H24N4OS. The number of thioether (sulfide) groups is 1. The number of carbonyl (C=O) groups is 1. The van der Waals surface area contributed by atoms with E-state index >= 15 is 0 Å². The molecule has 1 fully saturated rings. The number of aromatic nitrogens is 2. The topological polar surface area (TPSA) is 69.9 Å². The van der Waals surface area contributed by atoms with Crippen LogP contribution < -0.4 is 0 Å². The van der Waals surface area contributed by atoms with E-state index in [0.717, 1.165) is 23.2 Å². The predicted molar refractivity (Wildman–Crippen MR) is 102 cm³/mol. The Morgan fingerprint density at radius 3 is 2.52 bits per heavy atom. The van der Waals surface area contributed by atoms with Gasteiger partial charge in [-0.1, -0.05) is 27.7 Å². The van der Waals surface area contributed by atoms with E-state index in [1.807, 2.05) is 40.0 Å². The zero-order valence-corrected chi connectivity index (χ0v) is 16.2. The minimum atomic E-state index is -0.154. The van der Waals surface area contributed by atoms with Crippen LogP contribution in [-0.2, 0) is 10.2 Å². The largest absolute Gasteiger partial charge is 0.369 e. The fourth-order valence-corrected chi connectivity index (χ4v) is 3.60. The number of carbonyl (C=O) groups excluding carboxylic acids is 1. The summed E-state index contributed by atoms with van der Waals surface area (Å²) in [5.41, 5.74) is 1.19. The van der Waals surface area contributed by atoms with Crippen LogP contribution in [0.15, 0.2) is 29.1 Å². The van der Waals surface area contributed by atoms with Crippen LogP contribution in [0.3, 0.4) is 0 Å². The van der Waals surface area contributed by atoms with Crippen LogP contribution in [0, 0.1) is 17.2 Å². The normalized spacial score (nSPS) is 20.9. The molecular weight excluding hydrogens is 332 g/mol. The summed E-state index contributed by atoms with van der Waals surface area (Å²) >= 11 is 1.73. The maximum atomic E-state index is 11.4. The minimum Gasteiger partial charge on any atom is -0.369 e. The van der Waals surface area contributed by atoms with Crippen LogP contribution in [0.25, 0.3) is 5.57 Å². The third-order valence-corrected chi connectivity index (χ3v) is 5.37. The van der Waals surface area contributed by atoms with Gasteiger partial charge in [0.2, 0.25) is 0 Å². The Balaban J connectivity index is 2.47. The average Bonchev–Trinajstić information content (AvgIpc) is 2.56. The maximum absolute atomic E-state index is 11.4. The van der Waals surface area contributed by atoms with Crippen molar-refractivity contribution in [2.45, 2.75) is 33.1 Å². The van der Waals surface area contributed by atoms with Gasteiger partial charge in [0, 0.05) is 48.3 Å². The molecule has 0 amide bonds. The van der Waals surface area contributed by atoms with Gasteiger partial charge in [0.15, 0.2) is 6.29 Å². The van der Waals surface area contributed by atoms with Crippen molar-refractivity contribution >= 4 is 23.6 Å². The van der Waals surface area contributed by atoms with E-state index in [1.165, 1.54) is 0 Å². The standard InChI is InChI=1S/C19H24N4OS/c1-13-10-23(5)17(25-12-13)6-16(14(7-20)11-24)15-8-21-18(22-9-15)19(2,3)4/h6,8-9,11,13H,10,12H2,1-5H3/b16-14+,17-6+/t13-/m0/s1. The maximum Gasteiger partial charge on any atom is 0.161 e. The lowest BCUT2D eigenvalue weighted by atomic mass is 9.95. The van der Waals surface area contributed by atoms with Gasteiger partial charge in [-0.25, -0.2) is 9.97 Å². The monoisotopic (exact) mass is 356 g/mol. The van der Waals surface area contributed by atoms with Crippen LogP contribution >= 0.6 is 11.8 Å². The molecule has 0 unspecified atom stereocenters.